The fourth-order valence-electron chi connectivity index (χ4n) is 3.09. The van der Waals surface area contributed by atoms with Crippen LogP contribution in [0.15, 0.2) is 0 Å². The number of hydrogen-bond donors (Lipinski definition) is 0. The highest BCUT2D eigenvalue weighted by Gasteiger charge is 2.35. The van der Waals surface area contributed by atoms with E-state index in [1.54, 1.807) is 0 Å². The third-order valence-electron chi connectivity index (χ3n) is 4.13. The zero-order valence-corrected chi connectivity index (χ0v) is 8.97. The van der Waals surface area contributed by atoms with Gasteiger partial charge in [0.25, 0.3) is 0 Å². The van der Waals surface area contributed by atoms with E-state index in [-0.39, 0.29) is 0 Å². The largest absolute Gasteiger partial charge is 0.291 e. The van der Waals surface area contributed by atoms with Crippen LogP contribution in [0.5, 0.6) is 0 Å². The molecule has 1 spiro atoms. The predicted molar refractivity (Wildman–Crippen MR) is 56.8 cm³/mol. The molecule has 0 bridgehead atoms. The fraction of sp³-hybridized carbons (Fsp3) is 0.917. The molecule has 0 aromatic heterocycles. The molecular weight excluding hydrogens is 172 g/mol. The normalized spacial score (nSPS) is 27.4. The lowest BCUT2D eigenvalue weighted by molar-refractivity contribution is 0.0744. The van der Waals surface area contributed by atoms with Crippen LogP contribution in [0.1, 0.15) is 44.9 Å². The van der Waals surface area contributed by atoms with E-state index >= 15 is 0 Å². The summed E-state index contributed by atoms with van der Waals surface area (Å²) in [5.74, 6) is 0. The average Bonchev–Trinajstić information content (AvgIpc) is 2.24. The lowest BCUT2D eigenvalue weighted by atomic mass is 9.68. The molecule has 1 saturated heterocycles. The van der Waals surface area contributed by atoms with E-state index in [1.165, 1.54) is 44.9 Å². The molecule has 2 heteroatoms. The summed E-state index contributed by atoms with van der Waals surface area (Å²) in [6.07, 6.45) is 9.92. The first-order valence-electron chi connectivity index (χ1n) is 5.94. The molecule has 0 amide bonds. The van der Waals surface area contributed by atoms with E-state index in [0.29, 0.717) is 12.0 Å². The van der Waals surface area contributed by atoms with Gasteiger partial charge in [-0.2, -0.15) is 5.26 Å². The minimum absolute atomic E-state index is 0.635. The molecule has 0 atom stereocenters. The Hall–Kier alpha value is -0.550. The smallest absolute Gasteiger partial charge is 0.0865 e. The first kappa shape index (κ1) is 9.98. The second kappa shape index (κ2) is 4.31. The number of hydrogen-bond acceptors (Lipinski definition) is 2. The Bertz CT molecular complexity index is 213. The first-order chi connectivity index (χ1) is 6.85. The maximum absolute atomic E-state index is 8.63. The Morgan fingerprint density at radius 1 is 1.00 bits per heavy atom. The van der Waals surface area contributed by atoms with Crippen molar-refractivity contribution in [2.24, 2.45) is 5.41 Å². The maximum Gasteiger partial charge on any atom is 0.0865 e. The van der Waals surface area contributed by atoms with Crippen LogP contribution in [-0.2, 0) is 0 Å². The van der Waals surface area contributed by atoms with E-state index in [9.17, 15) is 0 Å². The predicted octanol–water partition coefficient (Wildman–Crippen LogP) is 2.56. The summed E-state index contributed by atoms with van der Waals surface area (Å²) in [4.78, 5) is 2.31. The Morgan fingerprint density at radius 3 is 2.21 bits per heavy atom. The fourth-order valence-corrected chi connectivity index (χ4v) is 3.09. The molecule has 0 unspecified atom stereocenters. The third kappa shape index (κ3) is 2.09. The standard InChI is InChI=1S/C12H20N2/c13-8-11-14-9-6-12(7-10-14)4-2-1-3-5-12/h1-7,9-11H2. The molecule has 1 aliphatic heterocycles. The lowest BCUT2D eigenvalue weighted by Crippen LogP contribution is -2.41. The highest BCUT2D eigenvalue weighted by molar-refractivity contribution is 4.90. The van der Waals surface area contributed by atoms with Crippen molar-refractivity contribution >= 4 is 0 Å². The molecule has 2 aliphatic rings. The Morgan fingerprint density at radius 2 is 1.64 bits per heavy atom. The van der Waals surface area contributed by atoms with Crippen LogP contribution in [-0.4, -0.2) is 24.5 Å². The minimum Gasteiger partial charge on any atom is -0.291 e. The number of nitriles is 1. The third-order valence-corrected chi connectivity index (χ3v) is 4.13. The lowest BCUT2D eigenvalue weighted by Gasteiger charge is -2.43. The SMILES string of the molecule is N#CCN1CCC2(CCCCC2)CC1. The molecule has 0 aromatic rings. The molecule has 78 valence electrons. The van der Waals surface area contributed by atoms with E-state index in [4.69, 9.17) is 5.26 Å². The summed E-state index contributed by atoms with van der Waals surface area (Å²) < 4.78 is 0. The summed E-state index contributed by atoms with van der Waals surface area (Å²) in [7, 11) is 0. The molecule has 2 rings (SSSR count). The van der Waals surface area contributed by atoms with Crippen LogP contribution in [0.25, 0.3) is 0 Å². The Labute approximate surface area is 86.9 Å². The number of likely N-dealkylation sites (tertiary alicyclic amines) is 1. The van der Waals surface area contributed by atoms with Crippen molar-refractivity contribution in [3.05, 3.63) is 0 Å². The number of piperidine rings is 1. The summed E-state index contributed by atoms with van der Waals surface area (Å²) in [6.45, 7) is 2.96. The van der Waals surface area contributed by atoms with Crippen molar-refractivity contribution in [2.75, 3.05) is 19.6 Å². The summed E-state index contributed by atoms with van der Waals surface area (Å²) in [6, 6.07) is 2.25. The number of nitrogens with zero attached hydrogens (tertiary/aromatic N) is 2. The van der Waals surface area contributed by atoms with E-state index in [2.05, 4.69) is 11.0 Å². The van der Waals surface area contributed by atoms with Crippen LogP contribution in [0.2, 0.25) is 0 Å². The van der Waals surface area contributed by atoms with Gasteiger partial charge in [0.2, 0.25) is 0 Å². The van der Waals surface area contributed by atoms with Gasteiger partial charge in [-0.25, -0.2) is 0 Å². The second-order valence-corrected chi connectivity index (χ2v) is 4.99. The molecule has 1 heterocycles. The highest BCUT2D eigenvalue weighted by atomic mass is 15.1. The van der Waals surface area contributed by atoms with Crippen LogP contribution >= 0.6 is 0 Å². The van der Waals surface area contributed by atoms with Gasteiger partial charge in [-0.1, -0.05) is 19.3 Å². The summed E-state index contributed by atoms with van der Waals surface area (Å²) >= 11 is 0. The molecule has 1 saturated carbocycles. The quantitative estimate of drug-likeness (QED) is 0.597. The topological polar surface area (TPSA) is 27.0 Å². The summed E-state index contributed by atoms with van der Waals surface area (Å²) in [5.41, 5.74) is 0.685. The van der Waals surface area contributed by atoms with Gasteiger partial charge in [-0.15, -0.1) is 0 Å². The van der Waals surface area contributed by atoms with E-state index in [1.807, 2.05) is 0 Å². The minimum atomic E-state index is 0.635. The second-order valence-electron chi connectivity index (χ2n) is 4.99. The zero-order valence-electron chi connectivity index (χ0n) is 8.97. The van der Waals surface area contributed by atoms with Crippen molar-refractivity contribution in [2.45, 2.75) is 44.9 Å². The van der Waals surface area contributed by atoms with Gasteiger partial charge in [0, 0.05) is 0 Å². The average molecular weight is 192 g/mol. The van der Waals surface area contributed by atoms with Crippen molar-refractivity contribution in [1.29, 1.82) is 5.26 Å². The van der Waals surface area contributed by atoms with Crippen molar-refractivity contribution in [1.82, 2.24) is 4.90 Å². The van der Waals surface area contributed by atoms with Gasteiger partial charge in [0.1, 0.15) is 0 Å². The highest BCUT2D eigenvalue weighted by Crippen LogP contribution is 2.44. The van der Waals surface area contributed by atoms with E-state index < -0.39 is 0 Å². The molecule has 2 nitrogen and oxygen atoms in total. The molecule has 0 radical (unpaired) electrons. The van der Waals surface area contributed by atoms with Gasteiger partial charge in [-0.3, -0.25) is 4.90 Å². The first-order valence-corrected chi connectivity index (χ1v) is 5.94. The molecule has 2 fully saturated rings. The van der Waals surface area contributed by atoms with Gasteiger partial charge < -0.3 is 0 Å². The number of rotatable bonds is 1. The van der Waals surface area contributed by atoms with Crippen LogP contribution in [0, 0.1) is 16.7 Å². The van der Waals surface area contributed by atoms with Crippen LogP contribution in [0.4, 0.5) is 0 Å². The van der Waals surface area contributed by atoms with Gasteiger partial charge >= 0.3 is 0 Å². The van der Waals surface area contributed by atoms with Crippen LogP contribution in [0.3, 0.4) is 0 Å². The van der Waals surface area contributed by atoms with E-state index in [0.717, 1.165) is 13.1 Å². The maximum atomic E-state index is 8.63. The van der Waals surface area contributed by atoms with Crippen molar-refractivity contribution in [3.63, 3.8) is 0 Å². The molecule has 14 heavy (non-hydrogen) atoms. The van der Waals surface area contributed by atoms with Gasteiger partial charge in [0.05, 0.1) is 12.6 Å². The Balaban J connectivity index is 1.85. The van der Waals surface area contributed by atoms with Crippen molar-refractivity contribution in [3.8, 4) is 6.07 Å². The Kier molecular flexibility index (Phi) is 3.08. The van der Waals surface area contributed by atoms with Crippen LogP contribution < -0.4 is 0 Å². The van der Waals surface area contributed by atoms with Gasteiger partial charge in [0.15, 0.2) is 0 Å². The monoisotopic (exact) mass is 192 g/mol. The summed E-state index contributed by atoms with van der Waals surface area (Å²) in [5, 5.41) is 8.63. The molecule has 0 N–H and O–H groups in total. The molecule has 0 aromatic carbocycles. The van der Waals surface area contributed by atoms with Gasteiger partial charge in [-0.05, 0) is 44.2 Å². The molecular formula is C12H20N2. The molecule has 1 aliphatic carbocycles. The zero-order chi connectivity index (χ0) is 9.86. The van der Waals surface area contributed by atoms with Crippen molar-refractivity contribution < 1.29 is 0 Å².